The number of unbranched alkanes of at least 4 members (excludes halogenated alkanes) is 5. The summed E-state index contributed by atoms with van der Waals surface area (Å²) in [6.07, 6.45) is 9.26. The molecule has 0 atom stereocenters. The van der Waals surface area contributed by atoms with E-state index >= 15 is 0 Å². The van der Waals surface area contributed by atoms with Crippen molar-refractivity contribution in [3.63, 3.8) is 0 Å². The molecule has 0 N–H and O–H groups in total. The largest absolute Gasteiger partial charge is 0.148 e. The maximum atomic E-state index is 4.44. The Balaban J connectivity index is 1.61. The van der Waals surface area contributed by atoms with Crippen molar-refractivity contribution in [2.75, 3.05) is 0 Å². The predicted molar refractivity (Wildman–Crippen MR) is 117 cm³/mol. The molecule has 0 saturated heterocycles. The minimum atomic E-state index is 0.997. The highest BCUT2D eigenvalue weighted by Gasteiger charge is 2.11. The predicted octanol–water partition coefficient (Wildman–Crippen LogP) is 7.39. The van der Waals surface area contributed by atoms with Gasteiger partial charge in [-0.1, -0.05) is 92.3 Å². The van der Waals surface area contributed by atoms with E-state index < -0.39 is 0 Å². The minimum absolute atomic E-state index is 0.997. The molecule has 2 nitrogen and oxygen atoms in total. The van der Waals surface area contributed by atoms with Gasteiger partial charge in [-0.25, -0.2) is 0 Å². The van der Waals surface area contributed by atoms with E-state index in [1.165, 1.54) is 67.2 Å². The van der Waals surface area contributed by atoms with Crippen LogP contribution in [0, 0.1) is 13.8 Å². The van der Waals surface area contributed by atoms with Gasteiger partial charge in [0.25, 0.3) is 0 Å². The van der Waals surface area contributed by atoms with E-state index in [0.29, 0.717) is 0 Å². The highest BCUT2D eigenvalue weighted by atomic mass is 32.1. The average Bonchev–Trinajstić information content (AvgIpc) is 3.17. The van der Waals surface area contributed by atoms with Gasteiger partial charge in [0, 0.05) is 11.1 Å². The lowest BCUT2D eigenvalue weighted by Crippen LogP contribution is -1.87. The Morgan fingerprint density at radius 2 is 1.48 bits per heavy atom. The fourth-order valence-corrected chi connectivity index (χ4v) is 4.27. The van der Waals surface area contributed by atoms with Crippen LogP contribution in [0.2, 0.25) is 0 Å². The van der Waals surface area contributed by atoms with Crippen molar-refractivity contribution in [1.82, 2.24) is 10.2 Å². The van der Waals surface area contributed by atoms with Crippen molar-refractivity contribution in [1.29, 1.82) is 0 Å². The first kappa shape index (κ1) is 19.8. The van der Waals surface area contributed by atoms with E-state index in [-0.39, 0.29) is 0 Å². The Hall–Kier alpha value is -2.00. The summed E-state index contributed by atoms with van der Waals surface area (Å²) in [5.41, 5.74) is 6.28. The highest BCUT2D eigenvalue weighted by Crippen LogP contribution is 2.32. The number of aromatic nitrogens is 2. The van der Waals surface area contributed by atoms with Crippen LogP contribution in [0.25, 0.3) is 21.1 Å². The molecular formula is C24H30N2S. The summed E-state index contributed by atoms with van der Waals surface area (Å²) in [5.74, 6) is 0. The summed E-state index contributed by atoms with van der Waals surface area (Å²) < 4.78 is 0. The van der Waals surface area contributed by atoms with Gasteiger partial charge in [0.15, 0.2) is 0 Å². The van der Waals surface area contributed by atoms with E-state index in [0.717, 1.165) is 15.6 Å². The molecule has 142 valence electrons. The molecule has 0 spiro atoms. The topological polar surface area (TPSA) is 25.8 Å². The smallest absolute Gasteiger partial charge is 0.138 e. The molecule has 3 aromatic rings. The van der Waals surface area contributed by atoms with Gasteiger partial charge in [0.05, 0.1) is 0 Å². The molecule has 0 aliphatic heterocycles. The summed E-state index contributed by atoms with van der Waals surface area (Å²) >= 11 is 1.67. The van der Waals surface area contributed by atoms with Crippen LogP contribution in [0.5, 0.6) is 0 Å². The molecule has 1 heterocycles. The second kappa shape index (κ2) is 9.80. The monoisotopic (exact) mass is 378 g/mol. The maximum Gasteiger partial charge on any atom is 0.148 e. The van der Waals surface area contributed by atoms with E-state index in [2.05, 4.69) is 73.4 Å². The van der Waals surface area contributed by atoms with Crippen molar-refractivity contribution < 1.29 is 0 Å². The van der Waals surface area contributed by atoms with Crippen LogP contribution >= 0.6 is 11.3 Å². The normalized spacial score (nSPS) is 11.1. The van der Waals surface area contributed by atoms with Gasteiger partial charge in [0.1, 0.15) is 10.0 Å². The quantitative estimate of drug-likeness (QED) is 0.363. The van der Waals surface area contributed by atoms with Crippen LogP contribution in [0.3, 0.4) is 0 Å². The fourth-order valence-electron chi connectivity index (χ4n) is 3.34. The third-order valence-electron chi connectivity index (χ3n) is 5.07. The zero-order chi connectivity index (χ0) is 19.1. The minimum Gasteiger partial charge on any atom is -0.138 e. The molecule has 0 aliphatic rings. The third kappa shape index (κ3) is 5.49. The molecule has 2 aromatic carbocycles. The standard InChI is InChI=1S/C24H30N2S/c1-4-5-6-7-8-9-10-20-13-15-21(16-14-20)23-25-26-24(27-23)22-17-18(2)11-12-19(22)3/h11-17H,4-10H2,1-3H3. The zero-order valence-electron chi connectivity index (χ0n) is 16.8. The summed E-state index contributed by atoms with van der Waals surface area (Å²) in [5, 5.41) is 10.9. The van der Waals surface area contributed by atoms with Crippen molar-refractivity contribution >= 4 is 11.3 Å². The molecule has 0 radical (unpaired) electrons. The fraction of sp³-hybridized carbons (Fsp3) is 0.417. The van der Waals surface area contributed by atoms with Crippen LogP contribution in [0.4, 0.5) is 0 Å². The molecule has 0 saturated carbocycles. The van der Waals surface area contributed by atoms with Crippen LogP contribution in [-0.4, -0.2) is 10.2 Å². The third-order valence-corrected chi connectivity index (χ3v) is 6.07. The van der Waals surface area contributed by atoms with E-state index in [1.807, 2.05) is 0 Å². The number of hydrogen-bond donors (Lipinski definition) is 0. The summed E-state index contributed by atoms with van der Waals surface area (Å²) in [6.45, 7) is 6.52. The van der Waals surface area contributed by atoms with E-state index in [1.54, 1.807) is 11.3 Å². The first-order valence-corrected chi connectivity index (χ1v) is 11.0. The van der Waals surface area contributed by atoms with E-state index in [9.17, 15) is 0 Å². The van der Waals surface area contributed by atoms with Crippen LogP contribution in [0.15, 0.2) is 42.5 Å². The molecule has 0 aliphatic carbocycles. The van der Waals surface area contributed by atoms with Crippen molar-refractivity contribution in [2.24, 2.45) is 0 Å². The molecule has 0 unspecified atom stereocenters. The lowest BCUT2D eigenvalue weighted by Gasteiger charge is -2.03. The van der Waals surface area contributed by atoms with Gasteiger partial charge >= 0.3 is 0 Å². The Morgan fingerprint density at radius 1 is 0.778 bits per heavy atom. The lowest BCUT2D eigenvalue weighted by atomic mass is 10.0. The summed E-state index contributed by atoms with van der Waals surface area (Å²) in [7, 11) is 0. The summed E-state index contributed by atoms with van der Waals surface area (Å²) in [4.78, 5) is 0. The second-order valence-electron chi connectivity index (χ2n) is 7.45. The van der Waals surface area contributed by atoms with Gasteiger partial charge in [-0.2, -0.15) is 0 Å². The van der Waals surface area contributed by atoms with Crippen molar-refractivity contribution in [2.45, 2.75) is 65.7 Å². The molecule has 0 fully saturated rings. The Kier molecular flexibility index (Phi) is 7.17. The van der Waals surface area contributed by atoms with E-state index in [4.69, 9.17) is 0 Å². The van der Waals surface area contributed by atoms with Crippen LogP contribution in [-0.2, 0) is 6.42 Å². The van der Waals surface area contributed by atoms with Gasteiger partial charge < -0.3 is 0 Å². The molecule has 3 rings (SSSR count). The number of nitrogens with zero attached hydrogens (tertiary/aromatic N) is 2. The number of benzene rings is 2. The van der Waals surface area contributed by atoms with Gasteiger partial charge in [-0.05, 0) is 43.9 Å². The number of aryl methyl sites for hydroxylation is 3. The van der Waals surface area contributed by atoms with Gasteiger partial charge in [-0.3, -0.25) is 0 Å². The molecular weight excluding hydrogens is 348 g/mol. The van der Waals surface area contributed by atoms with Gasteiger partial charge in [0.2, 0.25) is 0 Å². The Morgan fingerprint density at radius 3 is 2.26 bits per heavy atom. The van der Waals surface area contributed by atoms with Gasteiger partial charge in [-0.15, -0.1) is 10.2 Å². The van der Waals surface area contributed by atoms with Crippen molar-refractivity contribution in [3.8, 4) is 21.1 Å². The Bertz CT molecular complexity index is 849. The van der Waals surface area contributed by atoms with Crippen molar-refractivity contribution in [3.05, 3.63) is 59.2 Å². The molecule has 0 bridgehead atoms. The first-order chi connectivity index (χ1) is 13.2. The molecule has 0 amide bonds. The number of hydrogen-bond acceptors (Lipinski definition) is 3. The number of rotatable bonds is 9. The molecule has 1 aromatic heterocycles. The van der Waals surface area contributed by atoms with Crippen LogP contribution in [0.1, 0.15) is 62.1 Å². The molecule has 27 heavy (non-hydrogen) atoms. The maximum absolute atomic E-state index is 4.44. The second-order valence-corrected chi connectivity index (χ2v) is 8.42. The zero-order valence-corrected chi connectivity index (χ0v) is 17.6. The molecule has 3 heteroatoms. The van der Waals surface area contributed by atoms with Crippen LogP contribution < -0.4 is 0 Å². The first-order valence-electron chi connectivity index (χ1n) is 10.2. The summed E-state index contributed by atoms with van der Waals surface area (Å²) in [6, 6.07) is 15.4. The SMILES string of the molecule is CCCCCCCCc1ccc(-c2nnc(-c3cc(C)ccc3C)s2)cc1. The Labute approximate surface area is 167 Å². The lowest BCUT2D eigenvalue weighted by molar-refractivity contribution is 0.607. The average molecular weight is 379 g/mol. The highest BCUT2D eigenvalue weighted by molar-refractivity contribution is 7.17.